The zero-order valence-electron chi connectivity index (χ0n) is 7.60. The molecular weight excluding hydrogens is 168 g/mol. The highest BCUT2D eigenvalue weighted by molar-refractivity contribution is 6.04. The summed E-state index contributed by atoms with van der Waals surface area (Å²) in [5.41, 5.74) is 0.0552. The Morgan fingerprint density at radius 3 is 2.15 bits per heavy atom. The van der Waals surface area contributed by atoms with E-state index in [2.05, 4.69) is 10.6 Å². The van der Waals surface area contributed by atoms with Crippen molar-refractivity contribution in [1.82, 2.24) is 10.6 Å². The number of carbonyl (C=O) groups excluding carboxylic acids is 2. The molecule has 1 saturated heterocycles. The Morgan fingerprint density at radius 2 is 1.85 bits per heavy atom. The molecule has 13 heavy (non-hydrogen) atoms. The van der Waals surface area contributed by atoms with Gasteiger partial charge in [0.2, 0.25) is 0 Å². The van der Waals surface area contributed by atoms with E-state index in [1.54, 1.807) is 0 Å². The van der Waals surface area contributed by atoms with Gasteiger partial charge in [0.15, 0.2) is 0 Å². The van der Waals surface area contributed by atoms with E-state index in [9.17, 15) is 9.59 Å². The molecule has 4 heteroatoms. The van der Waals surface area contributed by atoms with Gasteiger partial charge in [-0.25, -0.2) is 4.79 Å². The number of carbonyl (C=O) groups is 2. The van der Waals surface area contributed by atoms with Crippen molar-refractivity contribution in [2.45, 2.75) is 40.7 Å². The van der Waals surface area contributed by atoms with Gasteiger partial charge in [-0.1, -0.05) is 28.2 Å². The molecule has 0 spiro atoms. The molecule has 76 valence electrons. The largest absolute Gasteiger partial charge is 0.326 e. The monoisotopic (exact) mass is 186 g/mol. The molecule has 0 saturated carbocycles. The standard InChI is InChI=1S/C8H14N2O2.CH4/c1-8(2,3)4-5-6(11)10-7(12)9-5;/h5H,4H2,1-3H3,(H2,9,10,11,12);1H4. The SMILES string of the molecule is C.CC(C)(C)CC1NC(=O)NC1=O. The number of hydrogen-bond donors (Lipinski definition) is 2. The molecule has 4 nitrogen and oxygen atoms in total. The number of rotatable bonds is 1. The highest BCUT2D eigenvalue weighted by Crippen LogP contribution is 2.21. The number of hydrogen-bond acceptors (Lipinski definition) is 2. The van der Waals surface area contributed by atoms with Crippen LogP contribution in [0.15, 0.2) is 0 Å². The van der Waals surface area contributed by atoms with Crippen LogP contribution < -0.4 is 10.6 Å². The lowest BCUT2D eigenvalue weighted by Gasteiger charge is -2.20. The maximum absolute atomic E-state index is 11.1. The van der Waals surface area contributed by atoms with Crippen LogP contribution in [0.5, 0.6) is 0 Å². The van der Waals surface area contributed by atoms with E-state index in [1.165, 1.54) is 0 Å². The second-order valence-electron chi connectivity index (χ2n) is 4.28. The summed E-state index contributed by atoms with van der Waals surface area (Å²) in [6.07, 6.45) is 0.671. The first-order chi connectivity index (χ1) is 5.38. The molecular formula is C9H18N2O2. The lowest BCUT2D eigenvalue weighted by atomic mass is 9.88. The lowest BCUT2D eigenvalue weighted by molar-refractivity contribution is -0.120. The van der Waals surface area contributed by atoms with Crippen molar-refractivity contribution >= 4 is 11.9 Å². The highest BCUT2D eigenvalue weighted by atomic mass is 16.2. The average Bonchev–Trinajstić information content (AvgIpc) is 2.06. The Labute approximate surface area is 79.1 Å². The van der Waals surface area contributed by atoms with E-state index in [1.807, 2.05) is 20.8 Å². The zero-order valence-corrected chi connectivity index (χ0v) is 7.60. The number of imide groups is 1. The summed E-state index contributed by atoms with van der Waals surface area (Å²) in [5, 5.41) is 4.76. The number of nitrogens with one attached hydrogen (secondary N) is 2. The van der Waals surface area contributed by atoms with E-state index < -0.39 is 0 Å². The minimum atomic E-state index is -0.380. The summed E-state index contributed by atoms with van der Waals surface area (Å²) < 4.78 is 0. The first-order valence-corrected chi connectivity index (χ1v) is 4.00. The van der Waals surface area contributed by atoms with Gasteiger partial charge in [-0.3, -0.25) is 10.1 Å². The molecule has 1 rings (SSSR count). The summed E-state index contributed by atoms with van der Waals surface area (Å²) in [5.74, 6) is -0.213. The minimum Gasteiger partial charge on any atom is -0.326 e. The average molecular weight is 186 g/mol. The fraction of sp³-hybridized carbons (Fsp3) is 0.778. The highest BCUT2D eigenvalue weighted by Gasteiger charge is 2.32. The van der Waals surface area contributed by atoms with E-state index in [4.69, 9.17) is 0 Å². The van der Waals surface area contributed by atoms with E-state index in [0.29, 0.717) is 6.42 Å². The van der Waals surface area contributed by atoms with Gasteiger partial charge in [-0.15, -0.1) is 0 Å². The van der Waals surface area contributed by atoms with Gasteiger partial charge in [-0.2, -0.15) is 0 Å². The van der Waals surface area contributed by atoms with Gasteiger partial charge in [0.1, 0.15) is 6.04 Å². The maximum atomic E-state index is 11.1. The summed E-state index contributed by atoms with van der Waals surface area (Å²) in [6.45, 7) is 6.10. The molecule has 1 heterocycles. The smallest absolute Gasteiger partial charge is 0.322 e. The second-order valence-corrected chi connectivity index (χ2v) is 4.28. The lowest BCUT2D eigenvalue weighted by Crippen LogP contribution is -2.33. The van der Waals surface area contributed by atoms with E-state index in [-0.39, 0.29) is 30.8 Å². The fourth-order valence-electron chi connectivity index (χ4n) is 1.21. The third kappa shape index (κ3) is 3.44. The third-order valence-electron chi connectivity index (χ3n) is 1.68. The molecule has 3 amide bonds. The van der Waals surface area contributed by atoms with Gasteiger partial charge >= 0.3 is 6.03 Å². The zero-order chi connectivity index (χ0) is 9.35. The first-order valence-electron chi connectivity index (χ1n) is 4.00. The molecule has 1 aliphatic rings. The molecule has 1 fully saturated rings. The Balaban J connectivity index is 0.00000144. The molecule has 2 N–H and O–H groups in total. The summed E-state index contributed by atoms with van der Waals surface area (Å²) >= 11 is 0. The molecule has 0 bridgehead atoms. The predicted molar refractivity (Wildman–Crippen MR) is 51.3 cm³/mol. The van der Waals surface area contributed by atoms with Crippen molar-refractivity contribution in [3.05, 3.63) is 0 Å². The minimum absolute atomic E-state index is 0. The second kappa shape index (κ2) is 3.77. The molecule has 0 aliphatic carbocycles. The Bertz CT molecular complexity index is 218. The van der Waals surface area contributed by atoms with Gasteiger partial charge in [0, 0.05) is 0 Å². The van der Waals surface area contributed by atoms with Crippen LogP contribution in [-0.2, 0) is 4.79 Å². The Hall–Kier alpha value is -1.06. The van der Waals surface area contributed by atoms with Gasteiger partial charge in [-0.05, 0) is 11.8 Å². The van der Waals surface area contributed by atoms with Crippen LogP contribution in [0.3, 0.4) is 0 Å². The van der Waals surface area contributed by atoms with Crippen molar-refractivity contribution in [1.29, 1.82) is 0 Å². The topological polar surface area (TPSA) is 58.2 Å². The molecule has 0 aromatic carbocycles. The predicted octanol–water partition coefficient (Wildman–Crippen LogP) is 1.27. The number of urea groups is 1. The molecule has 0 aromatic rings. The van der Waals surface area contributed by atoms with Gasteiger partial charge in [0.25, 0.3) is 5.91 Å². The summed E-state index contributed by atoms with van der Waals surface area (Å²) in [6, 6.07) is -0.730. The van der Waals surface area contributed by atoms with Crippen LogP contribution >= 0.6 is 0 Å². The van der Waals surface area contributed by atoms with Crippen molar-refractivity contribution in [2.24, 2.45) is 5.41 Å². The molecule has 0 radical (unpaired) electrons. The van der Waals surface area contributed by atoms with Crippen LogP contribution in [-0.4, -0.2) is 18.0 Å². The quantitative estimate of drug-likeness (QED) is 0.606. The van der Waals surface area contributed by atoms with Crippen LogP contribution in [0.2, 0.25) is 0 Å². The maximum Gasteiger partial charge on any atom is 0.322 e. The van der Waals surface area contributed by atoms with Gasteiger partial charge < -0.3 is 5.32 Å². The summed E-state index contributed by atoms with van der Waals surface area (Å²) in [4.78, 5) is 21.8. The van der Waals surface area contributed by atoms with Crippen LogP contribution in [0.1, 0.15) is 34.6 Å². The molecule has 1 unspecified atom stereocenters. The van der Waals surface area contributed by atoms with Crippen molar-refractivity contribution in [2.75, 3.05) is 0 Å². The van der Waals surface area contributed by atoms with Crippen molar-refractivity contribution in [3.8, 4) is 0 Å². The van der Waals surface area contributed by atoms with Crippen molar-refractivity contribution in [3.63, 3.8) is 0 Å². The summed E-state index contributed by atoms with van der Waals surface area (Å²) in [7, 11) is 0. The first kappa shape index (κ1) is 11.9. The van der Waals surface area contributed by atoms with Crippen LogP contribution in [0, 0.1) is 5.41 Å². The van der Waals surface area contributed by atoms with Crippen molar-refractivity contribution < 1.29 is 9.59 Å². The van der Waals surface area contributed by atoms with E-state index in [0.717, 1.165) is 0 Å². The number of amides is 3. The van der Waals surface area contributed by atoms with Gasteiger partial charge in [0.05, 0.1) is 0 Å². The fourth-order valence-corrected chi connectivity index (χ4v) is 1.21. The molecule has 1 atom stereocenters. The third-order valence-corrected chi connectivity index (χ3v) is 1.68. The Morgan fingerprint density at radius 1 is 1.31 bits per heavy atom. The normalized spacial score (nSPS) is 21.9. The van der Waals surface area contributed by atoms with E-state index >= 15 is 0 Å². The molecule has 1 aliphatic heterocycles. The van der Waals surface area contributed by atoms with Crippen LogP contribution in [0.4, 0.5) is 4.79 Å². The Kier molecular flexibility index (Phi) is 3.46. The van der Waals surface area contributed by atoms with Crippen LogP contribution in [0.25, 0.3) is 0 Å². The molecule has 0 aromatic heterocycles.